The van der Waals surface area contributed by atoms with E-state index >= 15 is 0 Å². The lowest BCUT2D eigenvalue weighted by molar-refractivity contribution is 0.0609. The summed E-state index contributed by atoms with van der Waals surface area (Å²) >= 11 is 1.88. The third kappa shape index (κ3) is 3.76. The molecule has 0 radical (unpaired) electrons. The molecule has 1 aromatic heterocycles. The maximum atomic E-state index is 10.0. The Morgan fingerprint density at radius 2 is 1.94 bits per heavy atom. The first kappa shape index (κ1) is 20.7. The van der Waals surface area contributed by atoms with Crippen molar-refractivity contribution >= 4 is 27.0 Å². The molecule has 1 saturated heterocycles. The molecule has 168 valence electrons. The van der Waals surface area contributed by atoms with Gasteiger partial charge in [-0.3, -0.25) is 0 Å². The number of ether oxygens (including phenoxy) is 1. The van der Waals surface area contributed by atoms with E-state index in [1.54, 1.807) is 11.1 Å². The van der Waals surface area contributed by atoms with Gasteiger partial charge in [-0.1, -0.05) is 30.2 Å². The number of nitrogens with zero attached hydrogens (tertiary/aromatic N) is 1. The number of rotatable bonds is 5. The fraction of sp³-hybridized carbons (Fsp3) is 0.500. The van der Waals surface area contributed by atoms with Gasteiger partial charge < -0.3 is 14.7 Å². The zero-order valence-electron chi connectivity index (χ0n) is 18.8. The number of piperidine rings is 1. The monoisotopic (exact) mass is 447 g/mol. The number of phenolic OH excluding ortho intramolecular Hbond substituents is 1. The summed E-state index contributed by atoms with van der Waals surface area (Å²) < 4.78 is 7.45. The Morgan fingerprint density at radius 3 is 2.78 bits per heavy atom. The number of hydrogen-bond donors (Lipinski definition) is 1. The molecule has 0 amide bonds. The lowest BCUT2D eigenvalue weighted by Crippen LogP contribution is -2.33. The molecule has 6 rings (SSSR count). The Labute approximate surface area is 195 Å². The SMILES string of the molecule is Oc1ccc2c3c(sc2c1)C1=C(CCCC1)C3C1=CCC(OCCN2CCCCC2)C=C1. The van der Waals surface area contributed by atoms with Gasteiger partial charge in [0.05, 0.1) is 12.7 Å². The van der Waals surface area contributed by atoms with Crippen molar-refractivity contribution in [2.24, 2.45) is 0 Å². The Bertz CT molecular complexity index is 1100. The van der Waals surface area contributed by atoms with E-state index in [2.05, 4.69) is 29.2 Å². The maximum Gasteiger partial charge on any atom is 0.117 e. The minimum Gasteiger partial charge on any atom is -0.508 e. The summed E-state index contributed by atoms with van der Waals surface area (Å²) in [6, 6.07) is 5.92. The largest absolute Gasteiger partial charge is 0.508 e. The molecule has 1 aromatic carbocycles. The van der Waals surface area contributed by atoms with Gasteiger partial charge in [-0.05, 0) is 98.3 Å². The van der Waals surface area contributed by atoms with Crippen LogP contribution in [0.2, 0.25) is 0 Å². The Kier molecular flexibility index (Phi) is 5.70. The van der Waals surface area contributed by atoms with Crippen LogP contribution in [0.15, 0.2) is 47.6 Å². The molecule has 3 aliphatic carbocycles. The quantitative estimate of drug-likeness (QED) is 0.548. The molecule has 2 heterocycles. The number of likely N-dealkylation sites (tertiary alicyclic amines) is 1. The molecular weight excluding hydrogens is 414 g/mol. The lowest BCUT2D eigenvalue weighted by Gasteiger charge is -2.28. The fourth-order valence-corrected chi connectivity index (χ4v) is 7.52. The minimum atomic E-state index is 0.209. The van der Waals surface area contributed by atoms with Crippen LogP contribution in [-0.2, 0) is 4.74 Å². The Morgan fingerprint density at radius 1 is 1.06 bits per heavy atom. The van der Waals surface area contributed by atoms with Crippen LogP contribution in [0.25, 0.3) is 15.7 Å². The van der Waals surface area contributed by atoms with Crippen LogP contribution in [0.4, 0.5) is 0 Å². The van der Waals surface area contributed by atoms with E-state index in [9.17, 15) is 5.11 Å². The first-order chi connectivity index (χ1) is 15.8. The fourth-order valence-electron chi connectivity index (χ4n) is 6.14. The molecule has 0 spiro atoms. The van der Waals surface area contributed by atoms with Crippen LogP contribution in [0.3, 0.4) is 0 Å². The summed E-state index contributed by atoms with van der Waals surface area (Å²) in [4.78, 5) is 4.04. The average molecular weight is 448 g/mol. The number of thiophene rings is 1. The van der Waals surface area contributed by atoms with Gasteiger partial charge in [-0.15, -0.1) is 11.3 Å². The van der Waals surface area contributed by atoms with E-state index in [1.165, 1.54) is 84.1 Å². The highest BCUT2D eigenvalue weighted by Gasteiger charge is 2.37. The van der Waals surface area contributed by atoms with Gasteiger partial charge in [0.25, 0.3) is 0 Å². The number of hydrogen-bond acceptors (Lipinski definition) is 4. The Hall–Kier alpha value is -1.88. The van der Waals surface area contributed by atoms with Gasteiger partial charge in [0.1, 0.15) is 5.75 Å². The normalized spacial score (nSPS) is 25.8. The van der Waals surface area contributed by atoms with E-state index in [0.29, 0.717) is 11.7 Å². The summed E-state index contributed by atoms with van der Waals surface area (Å²) in [6.45, 7) is 4.38. The first-order valence-corrected chi connectivity index (χ1v) is 13.3. The molecule has 2 aromatic rings. The van der Waals surface area contributed by atoms with Crippen LogP contribution < -0.4 is 0 Å². The van der Waals surface area contributed by atoms with Crippen molar-refractivity contribution in [3.8, 4) is 5.75 Å². The number of allylic oxidation sites excluding steroid dienone is 4. The number of aromatic hydroxyl groups is 1. The molecule has 1 fully saturated rings. The molecule has 0 bridgehead atoms. The van der Waals surface area contributed by atoms with Crippen molar-refractivity contribution in [3.63, 3.8) is 0 Å². The van der Waals surface area contributed by atoms with Crippen molar-refractivity contribution < 1.29 is 9.84 Å². The van der Waals surface area contributed by atoms with Crippen LogP contribution in [-0.4, -0.2) is 42.4 Å². The van der Waals surface area contributed by atoms with Gasteiger partial charge in [-0.2, -0.15) is 0 Å². The highest BCUT2D eigenvalue weighted by molar-refractivity contribution is 7.20. The van der Waals surface area contributed by atoms with Gasteiger partial charge in [0.2, 0.25) is 0 Å². The van der Waals surface area contributed by atoms with Crippen LogP contribution in [0, 0.1) is 0 Å². The molecule has 2 unspecified atom stereocenters. The van der Waals surface area contributed by atoms with Crippen molar-refractivity contribution in [2.45, 2.75) is 63.4 Å². The highest BCUT2D eigenvalue weighted by atomic mass is 32.1. The summed E-state index contributed by atoms with van der Waals surface area (Å²) in [6.07, 6.45) is 17.4. The molecule has 2 atom stereocenters. The zero-order valence-corrected chi connectivity index (χ0v) is 19.6. The van der Waals surface area contributed by atoms with E-state index in [0.717, 1.165) is 19.6 Å². The van der Waals surface area contributed by atoms with Crippen LogP contribution in [0.1, 0.15) is 67.7 Å². The summed E-state index contributed by atoms with van der Waals surface area (Å²) in [7, 11) is 0. The van der Waals surface area contributed by atoms with Crippen LogP contribution >= 0.6 is 11.3 Å². The van der Waals surface area contributed by atoms with Crippen molar-refractivity contribution in [2.75, 3.05) is 26.2 Å². The van der Waals surface area contributed by atoms with Crippen molar-refractivity contribution in [3.05, 3.63) is 58.0 Å². The molecule has 32 heavy (non-hydrogen) atoms. The van der Waals surface area contributed by atoms with Crippen molar-refractivity contribution in [1.82, 2.24) is 4.90 Å². The molecular formula is C28H33NO2S. The summed E-state index contributed by atoms with van der Waals surface area (Å²) in [5.74, 6) is 0.761. The van der Waals surface area contributed by atoms with E-state index in [4.69, 9.17) is 4.74 Å². The Balaban J connectivity index is 1.21. The summed E-state index contributed by atoms with van der Waals surface area (Å²) in [5.41, 5.74) is 6.21. The first-order valence-electron chi connectivity index (χ1n) is 12.5. The summed E-state index contributed by atoms with van der Waals surface area (Å²) in [5, 5.41) is 11.3. The standard InChI is InChI=1S/C28H33NO2S/c30-20-10-13-24-25(18-20)32-28-23-7-3-2-6-22(23)26(27(24)28)19-8-11-21(12-9-19)31-17-16-29-14-4-1-5-15-29/h8-11,13,18,21,26,30H,1-7,12,14-17H2. The second-order valence-corrected chi connectivity index (χ2v) is 10.8. The van der Waals surface area contributed by atoms with E-state index in [1.807, 2.05) is 23.5 Å². The molecule has 4 heteroatoms. The van der Waals surface area contributed by atoms with Gasteiger partial charge >= 0.3 is 0 Å². The third-order valence-electron chi connectivity index (χ3n) is 7.74. The van der Waals surface area contributed by atoms with Crippen molar-refractivity contribution in [1.29, 1.82) is 0 Å². The molecule has 1 N–H and O–H groups in total. The second kappa shape index (κ2) is 8.81. The van der Waals surface area contributed by atoms with Gasteiger partial charge in [0.15, 0.2) is 0 Å². The highest BCUT2D eigenvalue weighted by Crippen LogP contribution is 2.57. The second-order valence-electron chi connectivity index (χ2n) is 9.78. The maximum absolute atomic E-state index is 10.0. The van der Waals surface area contributed by atoms with Gasteiger partial charge in [0, 0.05) is 22.0 Å². The topological polar surface area (TPSA) is 32.7 Å². The minimum absolute atomic E-state index is 0.209. The third-order valence-corrected chi connectivity index (χ3v) is 8.97. The van der Waals surface area contributed by atoms with Gasteiger partial charge in [-0.25, -0.2) is 0 Å². The smallest absolute Gasteiger partial charge is 0.117 e. The lowest BCUT2D eigenvalue weighted by atomic mass is 9.81. The van der Waals surface area contributed by atoms with E-state index in [-0.39, 0.29) is 6.10 Å². The molecule has 4 aliphatic rings. The predicted octanol–water partition coefficient (Wildman–Crippen LogP) is 6.79. The van der Waals surface area contributed by atoms with Crippen LogP contribution in [0.5, 0.6) is 5.75 Å². The molecule has 1 aliphatic heterocycles. The number of benzene rings is 1. The molecule has 0 saturated carbocycles. The zero-order chi connectivity index (χ0) is 21.5. The number of fused-ring (bicyclic) bond motifs is 4. The average Bonchev–Trinajstić information content (AvgIpc) is 3.34. The molecule has 3 nitrogen and oxygen atoms in total. The van der Waals surface area contributed by atoms with E-state index < -0.39 is 0 Å². The predicted molar refractivity (Wildman–Crippen MR) is 133 cm³/mol. The number of phenols is 1.